The Kier molecular flexibility index (Phi) is 5.61. The molecular weight excluding hydrogens is 316 g/mol. The Hall–Kier alpha value is -2.89. The number of carbonyl (C=O) groups excluding carboxylic acids is 2. The van der Waals surface area contributed by atoms with E-state index in [0.29, 0.717) is 12.2 Å². The van der Waals surface area contributed by atoms with E-state index in [0.717, 1.165) is 25.2 Å². The van der Waals surface area contributed by atoms with Gasteiger partial charge in [0.1, 0.15) is 0 Å². The molecule has 0 radical (unpaired) electrons. The molecular formula is C19H22N4O2. The van der Waals surface area contributed by atoms with Gasteiger partial charge in [-0.2, -0.15) is 0 Å². The molecule has 2 amide bonds. The summed E-state index contributed by atoms with van der Waals surface area (Å²) in [4.78, 5) is 30.3. The topological polar surface area (TPSA) is 74.3 Å². The second-order valence-corrected chi connectivity index (χ2v) is 6.09. The first-order chi connectivity index (χ1) is 12.2. The van der Waals surface area contributed by atoms with Crippen LogP contribution in [0.3, 0.4) is 0 Å². The van der Waals surface area contributed by atoms with Crippen molar-refractivity contribution >= 4 is 23.2 Å². The zero-order valence-corrected chi connectivity index (χ0v) is 14.0. The summed E-state index contributed by atoms with van der Waals surface area (Å²) in [5.74, 6) is -0.123. The van der Waals surface area contributed by atoms with Crippen LogP contribution in [0.4, 0.5) is 11.4 Å². The molecule has 1 aromatic heterocycles. The van der Waals surface area contributed by atoms with Gasteiger partial charge in [-0.25, -0.2) is 0 Å². The van der Waals surface area contributed by atoms with Crippen LogP contribution in [0.5, 0.6) is 0 Å². The Balaban J connectivity index is 1.39. The monoisotopic (exact) mass is 338 g/mol. The highest BCUT2D eigenvalue weighted by Gasteiger charge is 2.28. The predicted molar refractivity (Wildman–Crippen MR) is 97.3 cm³/mol. The van der Waals surface area contributed by atoms with Gasteiger partial charge in [0, 0.05) is 49.8 Å². The zero-order valence-electron chi connectivity index (χ0n) is 14.0. The quantitative estimate of drug-likeness (QED) is 0.845. The molecule has 1 saturated heterocycles. The molecule has 2 heterocycles. The molecule has 0 saturated carbocycles. The summed E-state index contributed by atoms with van der Waals surface area (Å²) in [5, 5.41) is 5.65. The number of hydrogen-bond acceptors (Lipinski definition) is 4. The van der Waals surface area contributed by atoms with E-state index < -0.39 is 0 Å². The standard InChI is InChI=1S/C19H22N4O2/c24-18(22-16-6-10-20-11-7-16)8-12-21-19(25)15-9-13-23(14-15)17-4-2-1-3-5-17/h1-7,10-11,15H,8-9,12-14H2,(H,21,25)(H,20,22,24). The van der Waals surface area contributed by atoms with Crippen molar-refractivity contribution in [2.45, 2.75) is 12.8 Å². The molecule has 1 aliphatic heterocycles. The lowest BCUT2D eigenvalue weighted by molar-refractivity contribution is -0.124. The Morgan fingerprint density at radius 1 is 1.12 bits per heavy atom. The number of anilines is 2. The van der Waals surface area contributed by atoms with Crippen LogP contribution in [0.25, 0.3) is 0 Å². The predicted octanol–water partition coefficient (Wildman–Crippen LogP) is 2.05. The lowest BCUT2D eigenvalue weighted by Gasteiger charge is -2.18. The maximum atomic E-state index is 12.3. The van der Waals surface area contributed by atoms with E-state index >= 15 is 0 Å². The Morgan fingerprint density at radius 2 is 1.88 bits per heavy atom. The number of nitrogens with one attached hydrogen (secondary N) is 2. The van der Waals surface area contributed by atoms with Gasteiger partial charge in [0.15, 0.2) is 0 Å². The summed E-state index contributed by atoms with van der Waals surface area (Å²) in [6, 6.07) is 13.6. The summed E-state index contributed by atoms with van der Waals surface area (Å²) in [5.41, 5.74) is 1.86. The Bertz CT molecular complexity index is 706. The van der Waals surface area contributed by atoms with Crippen LogP contribution in [0.2, 0.25) is 0 Å². The van der Waals surface area contributed by atoms with Crippen molar-refractivity contribution < 1.29 is 9.59 Å². The number of carbonyl (C=O) groups is 2. The van der Waals surface area contributed by atoms with Crippen LogP contribution in [-0.4, -0.2) is 36.4 Å². The molecule has 2 N–H and O–H groups in total. The molecule has 1 aliphatic rings. The fourth-order valence-corrected chi connectivity index (χ4v) is 2.95. The van der Waals surface area contributed by atoms with E-state index in [-0.39, 0.29) is 24.2 Å². The van der Waals surface area contributed by atoms with Gasteiger partial charge in [0.2, 0.25) is 11.8 Å². The van der Waals surface area contributed by atoms with Gasteiger partial charge in [-0.3, -0.25) is 14.6 Å². The van der Waals surface area contributed by atoms with E-state index in [2.05, 4.69) is 32.7 Å². The van der Waals surface area contributed by atoms with Gasteiger partial charge in [0.05, 0.1) is 5.92 Å². The third-order valence-electron chi connectivity index (χ3n) is 4.30. The van der Waals surface area contributed by atoms with E-state index in [1.807, 2.05) is 18.2 Å². The van der Waals surface area contributed by atoms with E-state index in [1.165, 1.54) is 0 Å². The number of benzene rings is 1. The number of pyridine rings is 1. The number of para-hydroxylation sites is 1. The summed E-state index contributed by atoms with van der Waals surface area (Å²) in [7, 11) is 0. The number of amides is 2. The van der Waals surface area contributed by atoms with Crippen molar-refractivity contribution in [3.8, 4) is 0 Å². The Labute approximate surface area is 147 Å². The number of rotatable bonds is 6. The summed E-state index contributed by atoms with van der Waals surface area (Å²) in [6.45, 7) is 1.95. The summed E-state index contributed by atoms with van der Waals surface area (Å²) in [6.07, 6.45) is 4.33. The van der Waals surface area contributed by atoms with Crippen molar-refractivity contribution in [2.75, 3.05) is 29.9 Å². The molecule has 1 atom stereocenters. The van der Waals surface area contributed by atoms with Crippen molar-refractivity contribution in [3.63, 3.8) is 0 Å². The SMILES string of the molecule is O=C(CCNC(=O)C1CCN(c2ccccc2)C1)Nc1ccncc1. The molecule has 6 heteroatoms. The van der Waals surface area contributed by atoms with Crippen molar-refractivity contribution in [1.29, 1.82) is 0 Å². The van der Waals surface area contributed by atoms with Crippen LogP contribution in [0.1, 0.15) is 12.8 Å². The third kappa shape index (κ3) is 4.79. The number of aromatic nitrogens is 1. The average molecular weight is 338 g/mol. The second kappa shape index (κ2) is 8.28. The minimum atomic E-state index is -0.121. The van der Waals surface area contributed by atoms with Crippen LogP contribution in [-0.2, 0) is 9.59 Å². The van der Waals surface area contributed by atoms with Crippen LogP contribution in [0, 0.1) is 5.92 Å². The molecule has 1 unspecified atom stereocenters. The zero-order chi connectivity index (χ0) is 17.5. The van der Waals surface area contributed by atoms with Gasteiger partial charge >= 0.3 is 0 Å². The lowest BCUT2D eigenvalue weighted by Crippen LogP contribution is -2.34. The maximum absolute atomic E-state index is 12.3. The van der Waals surface area contributed by atoms with Crippen molar-refractivity contribution in [1.82, 2.24) is 10.3 Å². The molecule has 1 fully saturated rings. The molecule has 3 rings (SSSR count). The van der Waals surface area contributed by atoms with Gasteiger partial charge < -0.3 is 15.5 Å². The van der Waals surface area contributed by atoms with Gasteiger partial charge in [-0.15, -0.1) is 0 Å². The minimum Gasteiger partial charge on any atom is -0.371 e. The highest BCUT2D eigenvalue weighted by Crippen LogP contribution is 2.23. The van der Waals surface area contributed by atoms with E-state index in [1.54, 1.807) is 24.5 Å². The molecule has 6 nitrogen and oxygen atoms in total. The minimum absolute atomic E-state index is 0.0233. The normalized spacial score (nSPS) is 16.5. The number of nitrogens with zero attached hydrogens (tertiary/aromatic N) is 2. The van der Waals surface area contributed by atoms with E-state index in [9.17, 15) is 9.59 Å². The van der Waals surface area contributed by atoms with Crippen LogP contribution in [0.15, 0.2) is 54.9 Å². The maximum Gasteiger partial charge on any atom is 0.226 e. The average Bonchev–Trinajstić information content (AvgIpc) is 3.13. The molecule has 1 aromatic carbocycles. The molecule has 0 spiro atoms. The molecule has 2 aromatic rings. The molecule has 130 valence electrons. The van der Waals surface area contributed by atoms with Gasteiger partial charge in [-0.05, 0) is 30.7 Å². The number of hydrogen-bond donors (Lipinski definition) is 2. The summed E-state index contributed by atoms with van der Waals surface area (Å²) >= 11 is 0. The molecule has 0 aliphatic carbocycles. The highest BCUT2D eigenvalue weighted by molar-refractivity contribution is 5.91. The Morgan fingerprint density at radius 3 is 2.64 bits per heavy atom. The van der Waals surface area contributed by atoms with E-state index in [4.69, 9.17) is 0 Å². The molecule has 25 heavy (non-hydrogen) atoms. The van der Waals surface area contributed by atoms with Crippen molar-refractivity contribution in [3.05, 3.63) is 54.9 Å². The lowest BCUT2D eigenvalue weighted by atomic mass is 10.1. The van der Waals surface area contributed by atoms with Crippen LogP contribution < -0.4 is 15.5 Å². The largest absolute Gasteiger partial charge is 0.371 e. The third-order valence-corrected chi connectivity index (χ3v) is 4.30. The van der Waals surface area contributed by atoms with Gasteiger partial charge in [0.25, 0.3) is 0 Å². The smallest absolute Gasteiger partial charge is 0.226 e. The summed E-state index contributed by atoms with van der Waals surface area (Å²) < 4.78 is 0. The molecule has 0 bridgehead atoms. The first kappa shape index (κ1) is 17.0. The fraction of sp³-hybridized carbons (Fsp3) is 0.316. The van der Waals surface area contributed by atoms with Gasteiger partial charge in [-0.1, -0.05) is 18.2 Å². The van der Waals surface area contributed by atoms with Crippen molar-refractivity contribution in [2.24, 2.45) is 5.92 Å². The van der Waals surface area contributed by atoms with Crippen LogP contribution >= 0.6 is 0 Å². The first-order valence-electron chi connectivity index (χ1n) is 8.50. The highest BCUT2D eigenvalue weighted by atomic mass is 16.2. The fourth-order valence-electron chi connectivity index (χ4n) is 2.95. The second-order valence-electron chi connectivity index (χ2n) is 6.09. The first-order valence-corrected chi connectivity index (χ1v) is 8.50.